The van der Waals surface area contributed by atoms with Crippen LogP contribution in [-0.2, 0) is 4.79 Å². The van der Waals surface area contributed by atoms with Crippen molar-refractivity contribution in [1.29, 1.82) is 0 Å². The molecule has 112 valence electrons. The Kier molecular flexibility index (Phi) is 4.66. The fourth-order valence-corrected chi connectivity index (χ4v) is 4.28. The number of carbonyl (C=O) groups is 1. The van der Waals surface area contributed by atoms with Crippen LogP contribution in [0.15, 0.2) is 34.7 Å². The van der Waals surface area contributed by atoms with E-state index in [1.54, 1.807) is 29.6 Å². The monoisotopic (exact) mass is 347 g/mol. The van der Waals surface area contributed by atoms with Crippen LogP contribution < -0.4 is 0 Å². The average molecular weight is 347 g/mol. The summed E-state index contributed by atoms with van der Waals surface area (Å²) in [7, 11) is 0. The normalized spacial score (nSPS) is 10.8. The van der Waals surface area contributed by atoms with Gasteiger partial charge in [0.15, 0.2) is 0 Å². The van der Waals surface area contributed by atoms with Crippen molar-refractivity contribution in [3.63, 3.8) is 0 Å². The maximum atomic E-state index is 11.0. The molecular weight excluding hydrogens is 334 g/mol. The Balaban J connectivity index is 1.83. The van der Waals surface area contributed by atoms with Crippen molar-refractivity contribution in [1.82, 2.24) is 15.2 Å². The molecule has 7 heteroatoms. The van der Waals surface area contributed by atoms with Crippen LogP contribution in [0.5, 0.6) is 0 Å². The highest BCUT2D eigenvalue weighted by atomic mass is 32.2. The molecular formula is C15H13N3OS3. The van der Waals surface area contributed by atoms with Crippen molar-refractivity contribution in [3.05, 3.63) is 35.3 Å². The van der Waals surface area contributed by atoms with Gasteiger partial charge in [0.25, 0.3) is 0 Å². The first kappa shape index (κ1) is 15.3. The maximum absolute atomic E-state index is 11.0. The third kappa shape index (κ3) is 3.43. The molecule has 3 rings (SSSR count). The molecule has 4 nitrogen and oxygen atoms in total. The van der Waals surface area contributed by atoms with E-state index in [9.17, 15) is 4.79 Å². The number of carbonyl (C=O) groups excluding carboxylic acids is 1. The fraction of sp³-hybridized carbons (Fsp3) is 0.200. The van der Waals surface area contributed by atoms with Gasteiger partial charge in [0.05, 0.1) is 21.2 Å². The van der Waals surface area contributed by atoms with Crippen LogP contribution in [0.2, 0.25) is 0 Å². The maximum Gasteiger partial charge on any atom is 0.140 e. The fourth-order valence-electron chi connectivity index (χ4n) is 1.83. The molecule has 0 unspecified atom stereocenters. The Morgan fingerprint density at radius 2 is 2.14 bits per heavy atom. The highest BCUT2D eigenvalue weighted by Crippen LogP contribution is 2.36. The van der Waals surface area contributed by atoms with Crippen molar-refractivity contribution < 1.29 is 4.79 Å². The van der Waals surface area contributed by atoms with Gasteiger partial charge in [0.2, 0.25) is 0 Å². The number of nitrogens with zero attached hydrogens (tertiary/aromatic N) is 3. The number of aromatic nitrogens is 3. The minimum Gasteiger partial charge on any atom is -0.299 e. The van der Waals surface area contributed by atoms with Crippen LogP contribution in [0.4, 0.5) is 0 Å². The van der Waals surface area contributed by atoms with Gasteiger partial charge in [-0.3, -0.25) is 4.79 Å². The van der Waals surface area contributed by atoms with E-state index in [2.05, 4.69) is 21.2 Å². The molecule has 0 fully saturated rings. The molecule has 0 saturated carbocycles. The lowest BCUT2D eigenvalue weighted by Gasteiger charge is -1.99. The topological polar surface area (TPSA) is 55.7 Å². The molecule has 22 heavy (non-hydrogen) atoms. The second-order valence-electron chi connectivity index (χ2n) is 4.66. The molecule has 0 atom stereocenters. The highest BCUT2D eigenvalue weighted by Gasteiger charge is 2.13. The zero-order valence-corrected chi connectivity index (χ0v) is 14.5. The summed E-state index contributed by atoms with van der Waals surface area (Å²) in [5.74, 6) is 0.561. The zero-order chi connectivity index (χ0) is 15.5. The molecule has 0 aromatic carbocycles. The molecule has 0 saturated heterocycles. The third-order valence-corrected chi connectivity index (χ3v) is 6.11. The minimum atomic E-state index is 0.134. The van der Waals surface area contributed by atoms with E-state index in [4.69, 9.17) is 0 Å². The van der Waals surface area contributed by atoms with Gasteiger partial charge in [-0.15, -0.1) is 32.9 Å². The van der Waals surface area contributed by atoms with Crippen LogP contribution in [0.3, 0.4) is 0 Å². The molecule has 0 aliphatic rings. The summed E-state index contributed by atoms with van der Waals surface area (Å²) in [6.07, 6.45) is 0. The Hall–Kier alpha value is -1.57. The molecule has 0 radical (unpaired) electrons. The van der Waals surface area contributed by atoms with Gasteiger partial charge in [-0.25, -0.2) is 4.98 Å². The van der Waals surface area contributed by atoms with Gasteiger partial charge in [-0.05, 0) is 37.4 Å². The second-order valence-corrected chi connectivity index (χ2v) is 7.60. The Bertz CT molecular complexity index is 779. The number of hydrogen-bond donors (Lipinski definition) is 0. The van der Waals surface area contributed by atoms with Gasteiger partial charge in [0.1, 0.15) is 21.5 Å². The number of ketones is 1. The molecule has 3 aromatic heterocycles. The minimum absolute atomic E-state index is 0.134. The number of aryl methyl sites for hydroxylation is 1. The van der Waals surface area contributed by atoms with Crippen LogP contribution in [0.1, 0.15) is 12.6 Å². The van der Waals surface area contributed by atoms with Gasteiger partial charge >= 0.3 is 0 Å². The van der Waals surface area contributed by atoms with Crippen molar-refractivity contribution in [2.24, 2.45) is 0 Å². The van der Waals surface area contributed by atoms with Gasteiger partial charge < -0.3 is 0 Å². The lowest BCUT2D eigenvalue weighted by atomic mass is 10.3. The van der Waals surface area contributed by atoms with E-state index in [0.717, 1.165) is 26.3 Å². The van der Waals surface area contributed by atoms with Crippen LogP contribution in [0.25, 0.3) is 20.5 Å². The highest BCUT2D eigenvalue weighted by molar-refractivity contribution is 7.99. The number of thioether (sulfide) groups is 1. The van der Waals surface area contributed by atoms with Crippen molar-refractivity contribution >= 4 is 40.2 Å². The van der Waals surface area contributed by atoms with Crippen molar-refractivity contribution in [2.75, 3.05) is 5.75 Å². The summed E-state index contributed by atoms with van der Waals surface area (Å²) in [4.78, 5) is 17.8. The SMILES string of the molecule is CC(=O)CSc1ccc(-c2sc(-c3cccs3)nc2C)nn1. The first-order chi connectivity index (χ1) is 10.6. The lowest BCUT2D eigenvalue weighted by molar-refractivity contribution is -0.114. The quantitative estimate of drug-likeness (QED) is 0.643. The second kappa shape index (κ2) is 6.68. The van der Waals surface area contributed by atoms with E-state index in [0.29, 0.717) is 5.75 Å². The number of Topliss-reactive ketones (excluding diaryl/α,β-unsaturated/α-hetero) is 1. The molecule has 0 amide bonds. The third-order valence-electron chi connectivity index (χ3n) is 2.82. The summed E-state index contributed by atoms with van der Waals surface area (Å²) < 4.78 is 0. The zero-order valence-electron chi connectivity index (χ0n) is 12.1. The molecule has 0 spiro atoms. The van der Waals surface area contributed by atoms with Crippen LogP contribution in [0, 0.1) is 6.92 Å². The Morgan fingerprint density at radius 1 is 1.27 bits per heavy atom. The summed E-state index contributed by atoms with van der Waals surface area (Å²) in [5, 5.41) is 12.3. The molecule has 0 aliphatic heterocycles. The summed E-state index contributed by atoms with van der Waals surface area (Å²) in [6.45, 7) is 3.56. The van der Waals surface area contributed by atoms with Crippen LogP contribution in [-0.4, -0.2) is 26.7 Å². The van der Waals surface area contributed by atoms with E-state index in [1.165, 1.54) is 16.6 Å². The predicted molar refractivity (Wildman–Crippen MR) is 92.6 cm³/mol. The van der Waals surface area contributed by atoms with Gasteiger partial charge in [-0.2, -0.15) is 0 Å². The van der Waals surface area contributed by atoms with E-state index in [1.807, 2.05) is 30.5 Å². The molecule has 3 aromatic rings. The van der Waals surface area contributed by atoms with Gasteiger partial charge in [-0.1, -0.05) is 17.8 Å². The summed E-state index contributed by atoms with van der Waals surface area (Å²) >= 11 is 4.72. The van der Waals surface area contributed by atoms with E-state index < -0.39 is 0 Å². The lowest BCUT2D eigenvalue weighted by Crippen LogP contribution is -1.95. The smallest absolute Gasteiger partial charge is 0.140 e. The molecule has 3 heterocycles. The molecule has 0 N–H and O–H groups in total. The average Bonchev–Trinajstić information content (AvgIpc) is 3.15. The largest absolute Gasteiger partial charge is 0.299 e. The molecule has 0 bridgehead atoms. The Labute approximate surface area is 140 Å². The van der Waals surface area contributed by atoms with Crippen molar-refractivity contribution in [2.45, 2.75) is 18.9 Å². The Morgan fingerprint density at radius 3 is 2.77 bits per heavy atom. The molecule has 0 aliphatic carbocycles. The standard InChI is InChI=1S/C15H13N3OS3/c1-9(19)8-21-13-6-5-11(17-18-13)14-10(2)16-15(22-14)12-4-3-7-20-12/h3-7H,8H2,1-2H3. The number of rotatable bonds is 5. The van der Waals surface area contributed by atoms with Crippen LogP contribution >= 0.6 is 34.4 Å². The number of thiazole rings is 1. The van der Waals surface area contributed by atoms with Gasteiger partial charge in [0, 0.05) is 0 Å². The van der Waals surface area contributed by atoms with Crippen molar-refractivity contribution in [3.8, 4) is 20.5 Å². The van der Waals surface area contributed by atoms with E-state index >= 15 is 0 Å². The first-order valence-electron chi connectivity index (χ1n) is 6.61. The first-order valence-corrected chi connectivity index (χ1v) is 9.29. The summed E-state index contributed by atoms with van der Waals surface area (Å²) in [6, 6.07) is 7.94. The predicted octanol–water partition coefficient (Wildman–Crippen LogP) is 4.32. The number of thiophene rings is 1. The summed E-state index contributed by atoms with van der Waals surface area (Å²) in [5.41, 5.74) is 1.79. The number of hydrogen-bond acceptors (Lipinski definition) is 7. The van der Waals surface area contributed by atoms with E-state index in [-0.39, 0.29) is 5.78 Å².